The first-order valence-electron chi connectivity index (χ1n) is 5.71. The number of nitrogens with one attached hydrogen (secondary N) is 1. The van der Waals surface area contributed by atoms with Crippen molar-refractivity contribution in [3.63, 3.8) is 0 Å². The average molecular weight is 223 g/mol. The van der Waals surface area contributed by atoms with Gasteiger partial charge in [-0.1, -0.05) is 0 Å². The fourth-order valence-corrected chi connectivity index (χ4v) is 1.94. The van der Waals surface area contributed by atoms with Gasteiger partial charge in [0.05, 0.1) is 12.0 Å². The van der Waals surface area contributed by atoms with E-state index in [1.807, 2.05) is 0 Å². The standard InChI is InChI=1S/C11H17N3O2/c15-6-2-1-5-14-8-13-10-7-12-4-3-9(10)11(14)16/h8,12,15H,1-7H2. The molecule has 5 heteroatoms. The maximum absolute atomic E-state index is 12.0. The van der Waals surface area contributed by atoms with Crippen LogP contribution in [0.2, 0.25) is 0 Å². The third-order valence-electron chi connectivity index (χ3n) is 2.87. The van der Waals surface area contributed by atoms with E-state index in [9.17, 15) is 4.79 Å². The van der Waals surface area contributed by atoms with Crippen molar-refractivity contribution in [2.24, 2.45) is 0 Å². The number of aliphatic hydroxyl groups is 1. The van der Waals surface area contributed by atoms with Crippen molar-refractivity contribution in [3.8, 4) is 0 Å². The lowest BCUT2D eigenvalue weighted by Crippen LogP contribution is -2.34. The van der Waals surface area contributed by atoms with Crippen LogP contribution in [0.25, 0.3) is 0 Å². The number of aryl methyl sites for hydroxylation is 1. The van der Waals surface area contributed by atoms with Crippen LogP contribution in [0.1, 0.15) is 24.1 Å². The van der Waals surface area contributed by atoms with Gasteiger partial charge in [-0.3, -0.25) is 9.36 Å². The second-order valence-electron chi connectivity index (χ2n) is 4.03. The summed E-state index contributed by atoms with van der Waals surface area (Å²) in [6.45, 7) is 2.37. The molecule has 2 rings (SSSR count). The molecule has 0 spiro atoms. The summed E-state index contributed by atoms with van der Waals surface area (Å²) in [6.07, 6.45) is 3.92. The van der Waals surface area contributed by atoms with Gasteiger partial charge >= 0.3 is 0 Å². The minimum atomic E-state index is 0.0874. The molecule has 0 atom stereocenters. The van der Waals surface area contributed by atoms with Crippen LogP contribution in [-0.2, 0) is 19.5 Å². The van der Waals surface area contributed by atoms with Crippen molar-refractivity contribution in [1.29, 1.82) is 0 Å². The number of hydrogen-bond acceptors (Lipinski definition) is 4. The molecule has 5 nitrogen and oxygen atoms in total. The topological polar surface area (TPSA) is 67.2 Å². The van der Waals surface area contributed by atoms with Gasteiger partial charge in [0.1, 0.15) is 0 Å². The molecule has 1 aromatic heterocycles. The summed E-state index contributed by atoms with van der Waals surface area (Å²) in [6, 6.07) is 0. The van der Waals surface area contributed by atoms with E-state index in [0.717, 1.165) is 37.1 Å². The lowest BCUT2D eigenvalue weighted by molar-refractivity contribution is 0.280. The van der Waals surface area contributed by atoms with Gasteiger partial charge in [0.25, 0.3) is 5.56 Å². The van der Waals surface area contributed by atoms with Crippen LogP contribution in [0, 0.1) is 0 Å². The fraction of sp³-hybridized carbons (Fsp3) is 0.636. The molecule has 0 aliphatic carbocycles. The maximum atomic E-state index is 12.0. The zero-order valence-electron chi connectivity index (χ0n) is 9.28. The molecule has 0 aromatic carbocycles. The summed E-state index contributed by atoms with van der Waals surface area (Å²) in [4.78, 5) is 16.3. The molecule has 2 heterocycles. The van der Waals surface area contributed by atoms with Gasteiger partial charge in [0.2, 0.25) is 0 Å². The highest BCUT2D eigenvalue weighted by Gasteiger charge is 2.14. The normalized spacial score (nSPS) is 14.8. The molecule has 1 aliphatic rings. The summed E-state index contributed by atoms with van der Waals surface area (Å²) in [5.74, 6) is 0. The smallest absolute Gasteiger partial charge is 0.256 e. The van der Waals surface area contributed by atoms with Gasteiger partial charge in [0.15, 0.2) is 0 Å². The molecule has 0 unspecified atom stereocenters. The number of fused-ring (bicyclic) bond motifs is 1. The van der Waals surface area contributed by atoms with Crippen molar-refractivity contribution in [3.05, 3.63) is 27.9 Å². The van der Waals surface area contributed by atoms with E-state index in [-0.39, 0.29) is 12.2 Å². The third-order valence-corrected chi connectivity index (χ3v) is 2.87. The Kier molecular flexibility index (Phi) is 3.69. The van der Waals surface area contributed by atoms with E-state index in [1.54, 1.807) is 10.9 Å². The molecular weight excluding hydrogens is 206 g/mol. The molecule has 88 valence electrons. The largest absolute Gasteiger partial charge is 0.396 e. The van der Waals surface area contributed by atoms with Gasteiger partial charge in [-0.15, -0.1) is 0 Å². The van der Waals surface area contributed by atoms with E-state index in [2.05, 4.69) is 10.3 Å². The zero-order valence-corrected chi connectivity index (χ0v) is 9.28. The van der Waals surface area contributed by atoms with E-state index in [4.69, 9.17) is 5.11 Å². The van der Waals surface area contributed by atoms with Gasteiger partial charge < -0.3 is 10.4 Å². The highest BCUT2D eigenvalue weighted by Crippen LogP contribution is 2.05. The van der Waals surface area contributed by atoms with Gasteiger partial charge in [0, 0.05) is 25.3 Å². The Morgan fingerprint density at radius 1 is 1.50 bits per heavy atom. The highest BCUT2D eigenvalue weighted by atomic mass is 16.2. The molecule has 1 aromatic rings. The fourth-order valence-electron chi connectivity index (χ4n) is 1.94. The minimum Gasteiger partial charge on any atom is -0.396 e. The maximum Gasteiger partial charge on any atom is 0.256 e. The Morgan fingerprint density at radius 2 is 2.38 bits per heavy atom. The molecule has 1 aliphatic heterocycles. The number of aromatic nitrogens is 2. The summed E-state index contributed by atoms with van der Waals surface area (Å²) in [7, 11) is 0. The van der Waals surface area contributed by atoms with E-state index in [1.165, 1.54) is 0 Å². The molecule has 0 fully saturated rings. The second-order valence-corrected chi connectivity index (χ2v) is 4.03. The van der Waals surface area contributed by atoms with Crippen LogP contribution >= 0.6 is 0 Å². The average Bonchev–Trinajstić information content (AvgIpc) is 2.33. The molecule has 16 heavy (non-hydrogen) atoms. The summed E-state index contributed by atoms with van der Waals surface area (Å²) in [5, 5.41) is 11.9. The predicted molar refractivity (Wildman–Crippen MR) is 60.2 cm³/mol. The summed E-state index contributed by atoms with van der Waals surface area (Å²) in [5.41, 5.74) is 1.82. The zero-order chi connectivity index (χ0) is 11.4. The minimum absolute atomic E-state index is 0.0874. The van der Waals surface area contributed by atoms with Gasteiger partial charge in [-0.25, -0.2) is 4.98 Å². The molecule has 0 bridgehead atoms. The first kappa shape index (κ1) is 11.3. The highest BCUT2D eigenvalue weighted by molar-refractivity contribution is 5.19. The number of unbranched alkanes of at least 4 members (excludes halogenated alkanes) is 1. The number of hydrogen-bond donors (Lipinski definition) is 2. The first-order valence-corrected chi connectivity index (χ1v) is 5.71. The van der Waals surface area contributed by atoms with Crippen LogP contribution in [0.15, 0.2) is 11.1 Å². The quantitative estimate of drug-likeness (QED) is 0.685. The van der Waals surface area contributed by atoms with Crippen LogP contribution in [0.4, 0.5) is 0 Å². The van der Waals surface area contributed by atoms with Gasteiger partial charge in [-0.05, 0) is 25.8 Å². The van der Waals surface area contributed by atoms with Crippen LogP contribution in [0.5, 0.6) is 0 Å². The number of nitrogens with zero attached hydrogens (tertiary/aromatic N) is 2. The van der Waals surface area contributed by atoms with Gasteiger partial charge in [-0.2, -0.15) is 0 Å². The Balaban J connectivity index is 2.17. The number of rotatable bonds is 4. The molecule has 0 saturated carbocycles. The second kappa shape index (κ2) is 5.23. The Bertz CT molecular complexity index is 414. The van der Waals surface area contributed by atoms with Crippen LogP contribution in [0.3, 0.4) is 0 Å². The Hall–Kier alpha value is -1.20. The predicted octanol–water partition coefficient (Wildman–Crippen LogP) is -0.338. The summed E-state index contributed by atoms with van der Waals surface area (Å²) >= 11 is 0. The van der Waals surface area contributed by atoms with Crippen molar-refractivity contribution in [2.75, 3.05) is 13.2 Å². The molecule has 2 N–H and O–H groups in total. The Labute approximate surface area is 94.1 Å². The SMILES string of the molecule is O=c1c2c(ncn1CCCCO)CNCC2. The van der Waals surface area contributed by atoms with E-state index >= 15 is 0 Å². The van der Waals surface area contributed by atoms with E-state index in [0.29, 0.717) is 13.1 Å². The molecule has 0 amide bonds. The summed E-state index contributed by atoms with van der Waals surface area (Å²) < 4.78 is 1.65. The monoisotopic (exact) mass is 223 g/mol. The van der Waals surface area contributed by atoms with Crippen LogP contribution < -0.4 is 10.9 Å². The van der Waals surface area contributed by atoms with Crippen LogP contribution in [-0.4, -0.2) is 27.8 Å². The molecular formula is C11H17N3O2. The third kappa shape index (κ3) is 2.31. The Morgan fingerprint density at radius 3 is 3.19 bits per heavy atom. The van der Waals surface area contributed by atoms with Crippen molar-refractivity contribution < 1.29 is 5.11 Å². The van der Waals surface area contributed by atoms with Crippen molar-refractivity contribution >= 4 is 0 Å². The molecule has 0 radical (unpaired) electrons. The number of aliphatic hydroxyl groups excluding tert-OH is 1. The molecule has 0 saturated heterocycles. The van der Waals surface area contributed by atoms with E-state index < -0.39 is 0 Å². The lowest BCUT2D eigenvalue weighted by Gasteiger charge is -2.16. The van der Waals surface area contributed by atoms with Crippen molar-refractivity contribution in [1.82, 2.24) is 14.9 Å². The van der Waals surface area contributed by atoms with Crippen molar-refractivity contribution in [2.45, 2.75) is 32.4 Å². The first-order chi connectivity index (χ1) is 7.83. The lowest BCUT2D eigenvalue weighted by atomic mass is 10.1.